The highest BCUT2D eigenvalue weighted by atomic mass is 16.1. The minimum Gasteiger partial charge on any atom is -0.309 e. The second-order valence-electron chi connectivity index (χ2n) is 3.02. The number of anilines is 1. The number of aromatic nitrogens is 2. The minimum absolute atomic E-state index is 0.00583. The summed E-state index contributed by atoms with van der Waals surface area (Å²) in [6.45, 7) is 11.7. The molecule has 0 bridgehead atoms. The van der Waals surface area contributed by atoms with Crippen LogP contribution in [0.1, 0.15) is 41.5 Å². The summed E-state index contributed by atoms with van der Waals surface area (Å²) in [7, 11) is 1.81. The average Bonchev–Trinajstić information content (AvgIpc) is 2.69. The molecule has 0 aromatic carbocycles. The maximum absolute atomic E-state index is 11.2. The highest BCUT2D eigenvalue weighted by molar-refractivity contribution is 5.91. The molecule has 1 N–H and O–H groups in total. The SMILES string of the molecule is CC.CC.CC(C)C(=O)Nc1ccn(C)n1. The van der Waals surface area contributed by atoms with E-state index in [2.05, 4.69) is 10.4 Å². The molecule has 1 rings (SSSR count). The molecule has 4 nitrogen and oxygen atoms in total. The summed E-state index contributed by atoms with van der Waals surface area (Å²) < 4.78 is 1.65. The van der Waals surface area contributed by atoms with Gasteiger partial charge >= 0.3 is 0 Å². The second kappa shape index (κ2) is 10.2. The first-order valence-corrected chi connectivity index (χ1v) is 5.90. The summed E-state index contributed by atoms with van der Waals surface area (Å²) >= 11 is 0. The molecule has 0 aliphatic rings. The van der Waals surface area contributed by atoms with Gasteiger partial charge in [-0.1, -0.05) is 41.5 Å². The molecule has 0 aliphatic carbocycles. The van der Waals surface area contributed by atoms with E-state index in [0.717, 1.165) is 0 Å². The van der Waals surface area contributed by atoms with Gasteiger partial charge in [0.15, 0.2) is 5.82 Å². The maximum Gasteiger partial charge on any atom is 0.228 e. The Morgan fingerprint density at radius 3 is 2.12 bits per heavy atom. The van der Waals surface area contributed by atoms with E-state index >= 15 is 0 Å². The molecule has 4 heteroatoms. The fourth-order valence-corrected chi connectivity index (χ4v) is 0.752. The van der Waals surface area contributed by atoms with E-state index in [1.54, 1.807) is 16.9 Å². The van der Waals surface area contributed by atoms with Gasteiger partial charge in [-0.25, -0.2) is 0 Å². The third-order valence-corrected chi connectivity index (χ3v) is 1.49. The summed E-state index contributed by atoms with van der Waals surface area (Å²) in [6, 6.07) is 1.76. The minimum atomic E-state index is -0.00740. The van der Waals surface area contributed by atoms with E-state index in [1.165, 1.54) is 0 Å². The quantitative estimate of drug-likeness (QED) is 0.844. The number of carbonyl (C=O) groups excluding carboxylic acids is 1. The van der Waals surface area contributed by atoms with Gasteiger partial charge in [-0.05, 0) is 0 Å². The van der Waals surface area contributed by atoms with Crippen LogP contribution in [0.5, 0.6) is 0 Å². The number of aryl methyl sites for hydroxylation is 1. The molecule has 0 fully saturated rings. The van der Waals surface area contributed by atoms with Gasteiger partial charge in [0.25, 0.3) is 0 Å². The van der Waals surface area contributed by atoms with Gasteiger partial charge in [0, 0.05) is 25.2 Å². The van der Waals surface area contributed by atoms with Crippen molar-refractivity contribution in [1.29, 1.82) is 0 Å². The fraction of sp³-hybridized carbons (Fsp3) is 0.667. The Bertz CT molecular complexity index is 280. The molecule has 1 heterocycles. The highest BCUT2D eigenvalue weighted by Crippen LogP contribution is 2.03. The fourth-order valence-electron chi connectivity index (χ4n) is 0.752. The summed E-state index contributed by atoms with van der Waals surface area (Å²) in [6.07, 6.45) is 1.79. The Hall–Kier alpha value is -1.32. The summed E-state index contributed by atoms with van der Waals surface area (Å²) in [4.78, 5) is 11.2. The topological polar surface area (TPSA) is 46.9 Å². The normalized spacial score (nSPS) is 8.50. The van der Waals surface area contributed by atoms with Crippen molar-refractivity contribution in [2.45, 2.75) is 41.5 Å². The molecule has 1 aromatic rings. The van der Waals surface area contributed by atoms with Crippen LogP contribution in [0.4, 0.5) is 5.82 Å². The van der Waals surface area contributed by atoms with E-state index in [1.807, 2.05) is 48.6 Å². The van der Waals surface area contributed by atoms with Crippen LogP contribution in [0.25, 0.3) is 0 Å². The van der Waals surface area contributed by atoms with Crippen LogP contribution in [0.2, 0.25) is 0 Å². The number of hydrogen-bond acceptors (Lipinski definition) is 2. The maximum atomic E-state index is 11.2. The number of rotatable bonds is 2. The molecule has 0 spiro atoms. The van der Waals surface area contributed by atoms with Gasteiger partial charge in [0.1, 0.15) is 0 Å². The van der Waals surface area contributed by atoms with Crippen LogP contribution in [-0.2, 0) is 11.8 Å². The lowest BCUT2D eigenvalue weighted by molar-refractivity contribution is -0.118. The van der Waals surface area contributed by atoms with Crippen molar-refractivity contribution >= 4 is 11.7 Å². The molecule has 1 amide bonds. The molecule has 0 atom stereocenters. The van der Waals surface area contributed by atoms with Gasteiger partial charge in [-0.15, -0.1) is 0 Å². The highest BCUT2D eigenvalue weighted by Gasteiger charge is 2.07. The van der Waals surface area contributed by atoms with Gasteiger partial charge < -0.3 is 5.32 Å². The zero-order valence-electron chi connectivity index (χ0n) is 11.5. The Morgan fingerprint density at radius 2 is 1.81 bits per heavy atom. The van der Waals surface area contributed by atoms with E-state index in [9.17, 15) is 4.79 Å². The van der Waals surface area contributed by atoms with Crippen molar-refractivity contribution < 1.29 is 4.79 Å². The number of hydrogen-bond donors (Lipinski definition) is 1. The van der Waals surface area contributed by atoms with Crippen molar-refractivity contribution in [3.8, 4) is 0 Å². The van der Waals surface area contributed by atoms with Crippen LogP contribution in [0, 0.1) is 5.92 Å². The third kappa shape index (κ3) is 7.04. The largest absolute Gasteiger partial charge is 0.309 e. The first-order chi connectivity index (χ1) is 7.59. The molecule has 0 saturated carbocycles. The van der Waals surface area contributed by atoms with Crippen molar-refractivity contribution in [1.82, 2.24) is 9.78 Å². The third-order valence-electron chi connectivity index (χ3n) is 1.49. The predicted molar refractivity (Wildman–Crippen MR) is 69.4 cm³/mol. The summed E-state index contributed by atoms with van der Waals surface area (Å²) in [5.74, 6) is 0.594. The smallest absolute Gasteiger partial charge is 0.228 e. The number of nitrogens with zero attached hydrogens (tertiary/aromatic N) is 2. The monoisotopic (exact) mass is 227 g/mol. The Balaban J connectivity index is 0. The lowest BCUT2D eigenvalue weighted by Crippen LogP contribution is -2.18. The average molecular weight is 227 g/mol. The van der Waals surface area contributed by atoms with Crippen molar-refractivity contribution in [2.24, 2.45) is 13.0 Å². The van der Waals surface area contributed by atoms with Crippen LogP contribution in [-0.4, -0.2) is 15.7 Å². The molecule has 0 unspecified atom stereocenters. The standard InChI is InChI=1S/C8H13N3O.2C2H6/c1-6(2)8(12)9-7-4-5-11(3)10-7;2*1-2/h4-6H,1-3H3,(H,9,10,12);2*1-2H3. The summed E-state index contributed by atoms with van der Waals surface area (Å²) in [5.41, 5.74) is 0. The van der Waals surface area contributed by atoms with Gasteiger partial charge in [-0.2, -0.15) is 5.10 Å². The van der Waals surface area contributed by atoms with Crippen molar-refractivity contribution in [3.63, 3.8) is 0 Å². The molecule has 1 aromatic heterocycles. The molecular weight excluding hydrogens is 202 g/mol. The molecule has 0 radical (unpaired) electrons. The van der Waals surface area contributed by atoms with Crippen molar-refractivity contribution in [3.05, 3.63) is 12.3 Å². The van der Waals surface area contributed by atoms with E-state index in [0.29, 0.717) is 5.82 Å². The Kier molecular flexibility index (Phi) is 10.9. The molecule has 94 valence electrons. The van der Waals surface area contributed by atoms with Crippen LogP contribution in [0.3, 0.4) is 0 Å². The molecular formula is C12H25N3O. The van der Waals surface area contributed by atoms with Crippen LogP contribution in [0.15, 0.2) is 12.3 Å². The van der Waals surface area contributed by atoms with Gasteiger partial charge in [0.05, 0.1) is 0 Å². The molecule has 16 heavy (non-hydrogen) atoms. The van der Waals surface area contributed by atoms with Crippen molar-refractivity contribution in [2.75, 3.05) is 5.32 Å². The van der Waals surface area contributed by atoms with E-state index < -0.39 is 0 Å². The number of carbonyl (C=O) groups is 1. The van der Waals surface area contributed by atoms with Gasteiger partial charge in [-0.3, -0.25) is 9.48 Å². The van der Waals surface area contributed by atoms with Crippen LogP contribution < -0.4 is 5.32 Å². The predicted octanol–water partition coefficient (Wildman–Crippen LogP) is 3.07. The Morgan fingerprint density at radius 1 is 1.31 bits per heavy atom. The lowest BCUT2D eigenvalue weighted by Gasteiger charge is -2.03. The number of amides is 1. The Labute approximate surface area is 99.0 Å². The second-order valence-corrected chi connectivity index (χ2v) is 3.02. The lowest BCUT2D eigenvalue weighted by atomic mass is 10.2. The first-order valence-electron chi connectivity index (χ1n) is 5.90. The molecule has 0 aliphatic heterocycles. The first kappa shape index (κ1) is 17.1. The van der Waals surface area contributed by atoms with E-state index in [-0.39, 0.29) is 11.8 Å². The zero-order valence-corrected chi connectivity index (χ0v) is 11.5. The van der Waals surface area contributed by atoms with Gasteiger partial charge in [0.2, 0.25) is 5.91 Å². The molecule has 0 saturated heterocycles. The summed E-state index contributed by atoms with van der Waals surface area (Å²) in [5, 5.41) is 6.71. The number of nitrogens with one attached hydrogen (secondary N) is 1. The van der Waals surface area contributed by atoms with E-state index in [4.69, 9.17) is 0 Å². The zero-order chi connectivity index (χ0) is 13.1. The van der Waals surface area contributed by atoms with Crippen LogP contribution >= 0.6 is 0 Å².